The summed E-state index contributed by atoms with van der Waals surface area (Å²) in [5, 5.41) is 4.50. The minimum atomic E-state index is 0.650. The van der Waals surface area contributed by atoms with Gasteiger partial charge in [-0.1, -0.05) is 32.0 Å². The number of nitrogens with one attached hydrogen (secondary N) is 1. The van der Waals surface area contributed by atoms with Gasteiger partial charge in [0.2, 0.25) is 0 Å². The summed E-state index contributed by atoms with van der Waals surface area (Å²) in [7, 11) is 2.00. The van der Waals surface area contributed by atoms with Crippen LogP contribution in [0.25, 0.3) is 0 Å². The Morgan fingerprint density at radius 3 is 2.57 bits per heavy atom. The van der Waals surface area contributed by atoms with E-state index >= 15 is 0 Å². The number of hydrogen-bond acceptors (Lipinski definition) is 3. The molecule has 2 aromatic rings. The first kappa shape index (κ1) is 16.2. The highest BCUT2D eigenvalue weighted by Gasteiger charge is 2.12. The molecule has 0 aliphatic carbocycles. The number of thiazole rings is 1. The van der Waals surface area contributed by atoms with Gasteiger partial charge in [-0.2, -0.15) is 0 Å². The molecular formula is C18H26N2S. The van der Waals surface area contributed by atoms with Gasteiger partial charge in [0.15, 0.2) is 0 Å². The molecule has 0 spiro atoms. The van der Waals surface area contributed by atoms with Gasteiger partial charge in [0.05, 0.1) is 10.7 Å². The monoisotopic (exact) mass is 302 g/mol. The van der Waals surface area contributed by atoms with Crippen LogP contribution >= 0.6 is 11.3 Å². The molecular weight excluding hydrogens is 276 g/mol. The summed E-state index contributed by atoms with van der Waals surface area (Å²) < 4.78 is 0. The van der Waals surface area contributed by atoms with Gasteiger partial charge in [0.1, 0.15) is 0 Å². The van der Waals surface area contributed by atoms with E-state index in [4.69, 9.17) is 4.98 Å². The predicted octanol–water partition coefficient (Wildman–Crippen LogP) is 4.27. The van der Waals surface area contributed by atoms with Crippen LogP contribution in [0.3, 0.4) is 0 Å². The van der Waals surface area contributed by atoms with E-state index in [-0.39, 0.29) is 0 Å². The van der Waals surface area contributed by atoms with E-state index in [1.54, 1.807) is 0 Å². The van der Waals surface area contributed by atoms with Gasteiger partial charge in [-0.3, -0.25) is 0 Å². The van der Waals surface area contributed by atoms with Crippen LogP contribution in [0.1, 0.15) is 46.1 Å². The average molecular weight is 302 g/mol. The molecule has 21 heavy (non-hydrogen) atoms. The third-order valence-electron chi connectivity index (χ3n) is 3.69. The van der Waals surface area contributed by atoms with Gasteiger partial charge >= 0.3 is 0 Å². The molecule has 1 heterocycles. The Morgan fingerprint density at radius 2 is 1.95 bits per heavy atom. The molecule has 114 valence electrons. The Hall–Kier alpha value is -1.19. The fraction of sp³-hybridized carbons (Fsp3) is 0.500. The minimum Gasteiger partial charge on any atom is -0.315 e. The van der Waals surface area contributed by atoms with E-state index in [9.17, 15) is 0 Å². The maximum absolute atomic E-state index is 4.89. The Bertz CT molecular complexity index is 599. The van der Waals surface area contributed by atoms with Crippen LogP contribution in [0.2, 0.25) is 0 Å². The molecule has 0 bridgehead atoms. The highest BCUT2D eigenvalue weighted by molar-refractivity contribution is 7.11. The van der Waals surface area contributed by atoms with E-state index in [1.165, 1.54) is 32.3 Å². The number of benzene rings is 1. The molecule has 1 aromatic heterocycles. The van der Waals surface area contributed by atoms with Crippen molar-refractivity contribution in [3.05, 3.63) is 50.5 Å². The van der Waals surface area contributed by atoms with Gasteiger partial charge in [0.25, 0.3) is 0 Å². The summed E-state index contributed by atoms with van der Waals surface area (Å²) in [4.78, 5) is 6.29. The first-order valence-corrected chi connectivity index (χ1v) is 8.49. The summed E-state index contributed by atoms with van der Waals surface area (Å²) >= 11 is 1.86. The van der Waals surface area contributed by atoms with Crippen molar-refractivity contribution in [1.82, 2.24) is 10.3 Å². The Kier molecular flexibility index (Phi) is 5.54. The highest BCUT2D eigenvalue weighted by Crippen LogP contribution is 2.24. The van der Waals surface area contributed by atoms with Gasteiger partial charge in [-0.05, 0) is 49.9 Å². The van der Waals surface area contributed by atoms with Crippen molar-refractivity contribution in [3.63, 3.8) is 0 Å². The number of rotatable bonds is 6. The number of aryl methyl sites for hydroxylation is 2. The predicted molar refractivity (Wildman–Crippen MR) is 92.1 cm³/mol. The Morgan fingerprint density at radius 1 is 1.19 bits per heavy atom. The van der Waals surface area contributed by atoms with Crippen molar-refractivity contribution in [2.24, 2.45) is 5.92 Å². The Balaban J connectivity index is 2.21. The maximum Gasteiger partial charge on any atom is 0.0975 e. The summed E-state index contributed by atoms with van der Waals surface area (Å²) in [6.45, 7) is 9.77. The molecule has 2 rings (SSSR count). The van der Waals surface area contributed by atoms with Crippen LogP contribution in [-0.4, -0.2) is 12.0 Å². The average Bonchev–Trinajstić information content (AvgIpc) is 2.75. The lowest BCUT2D eigenvalue weighted by molar-refractivity contribution is 0.629. The topological polar surface area (TPSA) is 24.9 Å². The molecule has 0 aliphatic rings. The van der Waals surface area contributed by atoms with Gasteiger partial charge < -0.3 is 5.32 Å². The highest BCUT2D eigenvalue weighted by atomic mass is 32.1. The van der Waals surface area contributed by atoms with E-state index < -0.39 is 0 Å². The molecule has 2 nitrogen and oxygen atoms in total. The third-order valence-corrected chi connectivity index (χ3v) is 4.79. The quantitative estimate of drug-likeness (QED) is 0.862. The smallest absolute Gasteiger partial charge is 0.0975 e. The molecule has 0 aliphatic heterocycles. The van der Waals surface area contributed by atoms with Crippen LogP contribution in [0.5, 0.6) is 0 Å². The van der Waals surface area contributed by atoms with E-state index in [0.29, 0.717) is 5.92 Å². The summed E-state index contributed by atoms with van der Waals surface area (Å²) in [6.07, 6.45) is 2.01. The molecule has 0 radical (unpaired) electrons. The first-order chi connectivity index (χ1) is 9.99. The zero-order chi connectivity index (χ0) is 15.4. The third kappa shape index (κ3) is 4.39. The molecule has 0 saturated heterocycles. The lowest BCUT2D eigenvalue weighted by Gasteiger charge is -2.04. The zero-order valence-corrected chi connectivity index (χ0v) is 14.6. The largest absolute Gasteiger partial charge is 0.315 e. The second kappa shape index (κ2) is 7.19. The molecule has 1 N–H and O–H groups in total. The molecule has 0 amide bonds. The number of aromatic nitrogens is 1. The lowest BCUT2D eigenvalue weighted by Crippen LogP contribution is -2.07. The van der Waals surface area contributed by atoms with E-state index in [0.717, 1.165) is 19.4 Å². The van der Waals surface area contributed by atoms with Crippen LogP contribution in [0, 0.1) is 19.8 Å². The van der Waals surface area contributed by atoms with Crippen LogP contribution < -0.4 is 5.32 Å². The van der Waals surface area contributed by atoms with Crippen molar-refractivity contribution in [1.29, 1.82) is 0 Å². The molecule has 1 aromatic carbocycles. The lowest BCUT2D eigenvalue weighted by atomic mass is 10.0. The van der Waals surface area contributed by atoms with E-state index in [2.05, 4.69) is 51.2 Å². The molecule has 0 fully saturated rings. The summed E-state index contributed by atoms with van der Waals surface area (Å²) in [5.41, 5.74) is 5.36. The van der Waals surface area contributed by atoms with Crippen LogP contribution in [-0.2, 0) is 19.4 Å². The fourth-order valence-corrected chi connectivity index (χ4v) is 3.59. The van der Waals surface area contributed by atoms with Crippen LogP contribution in [0.15, 0.2) is 18.2 Å². The first-order valence-electron chi connectivity index (χ1n) is 7.67. The maximum atomic E-state index is 4.89. The molecule has 3 heteroatoms. The van der Waals surface area contributed by atoms with Crippen molar-refractivity contribution in [3.8, 4) is 0 Å². The van der Waals surface area contributed by atoms with Crippen LogP contribution in [0.4, 0.5) is 0 Å². The fourth-order valence-electron chi connectivity index (χ4n) is 2.45. The van der Waals surface area contributed by atoms with Crippen molar-refractivity contribution >= 4 is 11.3 Å². The minimum absolute atomic E-state index is 0.650. The summed E-state index contributed by atoms with van der Waals surface area (Å²) in [6, 6.07) is 6.72. The molecule has 0 atom stereocenters. The van der Waals surface area contributed by atoms with Crippen molar-refractivity contribution < 1.29 is 0 Å². The zero-order valence-electron chi connectivity index (χ0n) is 13.8. The normalized spacial score (nSPS) is 11.3. The molecule has 0 unspecified atom stereocenters. The standard InChI is InChI=1S/C18H26N2S/c1-12(2)8-16-17(11-19-5)21-18(20-16)10-15-7-6-13(3)14(4)9-15/h6-7,9,12,19H,8,10-11H2,1-5H3. The second-order valence-corrected chi connectivity index (χ2v) is 7.37. The van der Waals surface area contributed by atoms with Gasteiger partial charge in [-0.25, -0.2) is 4.98 Å². The SMILES string of the molecule is CNCc1sc(Cc2ccc(C)c(C)c2)nc1CC(C)C. The van der Waals surface area contributed by atoms with Crippen molar-refractivity contribution in [2.45, 2.75) is 47.1 Å². The second-order valence-electron chi connectivity index (χ2n) is 6.20. The Labute approximate surface area is 132 Å². The van der Waals surface area contributed by atoms with Gasteiger partial charge in [-0.15, -0.1) is 11.3 Å². The van der Waals surface area contributed by atoms with Gasteiger partial charge in [0, 0.05) is 17.8 Å². The number of hydrogen-bond donors (Lipinski definition) is 1. The number of nitrogens with zero attached hydrogens (tertiary/aromatic N) is 1. The van der Waals surface area contributed by atoms with E-state index in [1.807, 2.05) is 18.4 Å². The summed E-state index contributed by atoms with van der Waals surface area (Å²) in [5.74, 6) is 0.650. The van der Waals surface area contributed by atoms with Crippen molar-refractivity contribution in [2.75, 3.05) is 7.05 Å². The molecule has 0 saturated carbocycles.